The second-order valence-electron chi connectivity index (χ2n) is 7.11. The third-order valence-corrected chi connectivity index (χ3v) is 4.40. The van der Waals surface area contributed by atoms with Gasteiger partial charge in [-0.15, -0.1) is 0 Å². The predicted molar refractivity (Wildman–Crippen MR) is 69.2 cm³/mol. The molecule has 1 saturated heterocycles. The van der Waals surface area contributed by atoms with Gasteiger partial charge in [-0.1, -0.05) is 20.8 Å². The average molecular weight is 247 g/mol. The van der Waals surface area contributed by atoms with Gasteiger partial charge < -0.3 is 9.88 Å². The Hall–Kier alpha value is -1.32. The molecule has 3 rings (SSSR count). The summed E-state index contributed by atoms with van der Waals surface area (Å²) >= 11 is 0. The molecular formula is C14H21N3O. The summed E-state index contributed by atoms with van der Waals surface area (Å²) in [5, 5.41) is 0. The molecule has 1 aromatic heterocycles. The number of hydrogen-bond donors (Lipinski definition) is 1. The van der Waals surface area contributed by atoms with Crippen molar-refractivity contribution in [3.05, 3.63) is 18.2 Å². The normalized spacial score (nSPS) is 33.7. The summed E-state index contributed by atoms with van der Waals surface area (Å²) in [6.45, 7) is 7.85. The fraction of sp³-hybridized carbons (Fsp3) is 0.714. The van der Waals surface area contributed by atoms with Crippen LogP contribution in [0.3, 0.4) is 0 Å². The van der Waals surface area contributed by atoms with Crippen LogP contribution in [0.15, 0.2) is 12.5 Å². The van der Waals surface area contributed by atoms with E-state index in [4.69, 9.17) is 0 Å². The van der Waals surface area contributed by atoms with Crippen molar-refractivity contribution in [2.24, 2.45) is 10.8 Å². The number of carbonyl (C=O) groups excluding carboxylic acids is 1. The Labute approximate surface area is 108 Å². The molecule has 2 aliphatic rings. The minimum absolute atomic E-state index is 0.110. The maximum atomic E-state index is 12.5. The zero-order valence-electron chi connectivity index (χ0n) is 11.4. The lowest BCUT2D eigenvalue weighted by atomic mass is 9.65. The van der Waals surface area contributed by atoms with Crippen molar-refractivity contribution >= 4 is 5.91 Å². The third-order valence-electron chi connectivity index (χ3n) is 4.40. The molecule has 0 aromatic carbocycles. The highest BCUT2D eigenvalue weighted by Gasteiger charge is 2.51. The number of aromatic amines is 1. The Morgan fingerprint density at radius 2 is 2.22 bits per heavy atom. The number of carbonyl (C=O) groups is 1. The van der Waals surface area contributed by atoms with E-state index in [9.17, 15) is 4.79 Å². The molecule has 4 heteroatoms. The summed E-state index contributed by atoms with van der Waals surface area (Å²) in [4.78, 5) is 21.4. The van der Waals surface area contributed by atoms with Crippen molar-refractivity contribution in [2.75, 3.05) is 6.54 Å². The average Bonchev–Trinajstić information content (AvgIpc) is 2.82. The fourth-order valence-electron chi connectivity index (χ4n) is 4.22. The van der Waals surface area contributed by atoms with Crippen LogP contribution in [0, 0.1) is 10.8 Å². The Morgan fingerprint density at radius 3 is 2.89 bits per heavy atom. The molecule has 98 valence electrons. The Bertz CT molecular complexity index is 465. The fourth-order valence-corrected chi connectivity index (χ4v) is 4.22. The van der Waals surface area contributed by atoms with E-state index in [-0.39, 0.29) is 5.91 Å². The van der Waals surface area contributed by atoms with Crippen molar-refractivity contribution < 1.29 is 4.79 Å². The van der Waals surface area contributed by atoms with Gasteiger partial charge in [-0.05, 0) is 30.1 Å². The van der Waals surface area contributed by atoms with Crippen LogP contribution in [0.4, 0.5) is 0 Å². The quantitative estimate of drug-likeness (QED) is 0.828. The van der Waals surface area contributed by atoms with Crippen molar-refractivity contribution in [1.82, 2.24) is 14.9 Å². The predicted octanol–water partition coefficient (Wildman–Crippen LogP) is 2.45. The number of likely N-dealkylation sites (tertiary alicyclic amines) is 1. The van der Waals surface area contributed by atoms with E-state index < -0.39 is 0 Å². The Kier molecular flexibility index (Phi) is 2.34. The summed E-state index contributed by atoms with van der Waals surface area (Å²) in [6, 6.07) is 0.398. The molecule has 1 amide bonds. The monoisotopic (exact) mass is 247 g/mol. The van der Waals surface area contributed by atoms with Gasteiger partial charge in [-0.3, -0.25) is 4.79 Å². The number of imidazole rings is 1. The molecule has 2 bridgehead atoms. The van der Waals surface area contributed by atoms with Crippen LogP contribution in [0.5, 0.6) is 0 Å². The van der Waals surface area contributed by atoms with Gasteiger partial charge in [0.15, 0.2) is 0 Å². The molecule has 2 heterocycles. The topological polar surface area (TPSA) is 49.0 Å². The largest absolute Gasteiger partial charge is 0.341 e. The summed E-state index contributed by atoms with van der Waals surface area (Å²) in [7, 11) is 0. The number of nitrogens with one attached hydrogen (secondary N) is 1. The van der Waals surface area contributed by atoms with Crippen LogP contribution in [-0.4, -0.2) is 33.4 Å². The van der Waals surface area contributed by atoms with E-state index in [1.807, 2.05) is 0 Å². The highest BCUT2D eigenvalue weighted by atomic mass is 16.2. The molecule has 1 aliphatic heterocycles. The second kappa shape index (κ2) is 3.59. The Morgan fingerprint density at radius 1 is 1.44 bits per heavy atom. The molecule has 18 heavy (non-hydrogen) atoms. The Balaban J connectivity index is 1.86. The molecule has 1 aliphatic carbocycles. The van der Waals surface area contributed by atoms with Gasteiger partial charge in [0.2, 0.25) is 0 Å². The number of aromatic nitrogens is 2. The van der Waals surface area contributed by atoms with Crippen LogP contribution in [-0.2, 0) is 0 Å². The molecule has 2 fully saturated rings. The highest BCUT2D eigenvalue weighted by molar-refractivity contribution is 5.92. The van der Waals surface area contributed by atoms with E-state index >= 15 is 0 Å². The molecule has 4 nitrogen and oxygen atoms in total. The molecule has 1 aromatic rings. The van der Waals surface area contributed by atoms with E-state index in [1.54, 1.807) is 12.5 Å². The molecule has 1 N–H and O–H groups in total. The van der Waals surface area contributed by atoms with E-state index in [0.717, 1.165) is 19.4 Å². The van der Waals surface area contributed by atoms with Crippen LogP contribution in [0.2, 0.25) is 0 Å². The number of rotatable bonds is 1. The number of H-pyrrole nitrogens is 1. The lowest BCUT2D eigenvalue weighted by Crippen LogP contribution is -2.37. The summed E-state index contributed by atoms with van der Waals surface area (Å²) in [5.41, 5.74) is 1.26. The van der Waals surface area contributed by atoms with Gasteiger partial charge in [-0.2, -0.15) is 0 Å². The van der Waals surface area contributed by atoms with Crippen molar-refractivity contribution in [3.8, 4) is 0 Å². The number of amides is 1. The van der Waals surface area contributed by atoms with Crippen molar-refractivity contribution in [1.29, 1.82) is 0 Å². The highest BCUT2D eigenvalue weighted by Crippen LogP contribution is 2.52. The van der Waals surface area contributed by atoms with Gasteiger partial charge in [0, 0.05) is 12.6 Å². The molecule has 2 unspecified atom stereocenters. The van der Waals surface area contributed by atoms with Crippen LogP contribution in [0.1, 0.15) is 50.5 Å². The van der Waals surface area contributed by atoms with Gasteiger partial charge >= 0.3 is 0 Å². The number of nitrogens with zero attached hydrogens (tertiary/aromatic N) is 2. The molecule has 2 atom stereocenters. The van der Waals surface area contributed by atoms with Gasteiger partial charge in [-0.25, -0.2) is 4.98 Å². The summed E-state index contributed by atoms with van der Waals surface area (Å²) in [5.74, 6) is 0.110. The van der Waals surface area contributed by atoms with Crippen LogP contribution >= 0.6 is 0 Å². The first-order chi connectivity index (χ1) is 8.39. The van der Waals surface area contributed by atoms with E-state index in [1.165, 1.54) is 6.42 Å². The number of fused-ring (bicyclic) bond motifs is 2. The first-order valence-electron chi connectivity index (χ1n) is 6.68. The maximum Gasteiger partial charge on any atom is 0.272 e. The number of hydrogen-bond acceptors (Lipinski definition) is 2. The standard InChI is InChI=1S/C14H21N3O/c1-13(2)4-10-5-14(3,7-13)8-17(10)12(18)11-6-15-9-16-11/h6,9-10H,4-5,7-8H2,1-3H3,(H,15,16). The first kappa shape index (κ1) is 11.8. The van der Waals surface area contributed by atoms with Crippen LogP contribution in [0.25, 0.3) is 0 Å². The minimum Gasteiger partial charge on any atom is -0.341 e. The smallest absolute Gasteiger partial charge is 0.272 e. The third kappa shape index (κ3) is 1.84. The molecule has 0 spiro atoms. The molecule has 0 radical (unpaired) electrons. The lowest BCUT2D eigenvalue weighted by Gasteiger charge is -2.39. The van der Waals surface area contributed by atoms with Gasteiger partial charge in [0.05, 0.1) is 12.5 Å². The SMILES string of the molecule is CC1(C)CC2CC(C)(CN2C(=O)c2cnc[nH]2)C1. The molecular weight excluding hydrogens is 226 g/mol. The first-order valence-corrected chi connectivity index (χ1v) is 6.68. The summed E-state index contributed by atoms with van der Waals surface area (Å²) < 4.78 is 0. The van der Waals surface area contributed by atoms with Gasteiger partial charge in [0.1, 0.15) is 5.69 Å². The van der Waals surface area contributed by atoms with Crippen LogP contribution < -0.4 is 0 Å². The van der Waals surface area contributed by atoms with E-state index in [0.29, 0.717) is 22.6 Å². The second-order valence-corrected chi connectivity index (χ2v) is 7.11. The van der Waals surface area contributed by atoms with Crippen molar-refractivity contribution in [3.63, 3.8) is 0 Å². The van der Waals surface area contributed by atoms with Crippen molar-refractivity contribution in [2.45, 2.75) is 46.1 Å². The zero-order chi connectivity index (χ0) is 13.0. The minimum atomic E-state index is 0.110. The van der Waals surface area contributed by atoms with E-state index in [2.05, 4.69) is 35.6 Å². The van der Waals surface area contributed by atoms with Gasteiger partial charge in [0.25, 0.3) is 5.91 Å². The summed E-state index contributed by atoms with van der Waals surface area (Å²) in [6.07, 6.45) is 6.67. The maximum absolute atomic E-state index is 12.5. The lowest BCUT2D eigenvalue weighted by molar-refractivity contribution is 0.0703. The zero-order valence-corrected chi connectivity index (χ0v) is 11.4. The molecule has 1 saturated carbocycles.